The Kier molecular flexibility index (Phi) is 5.26. The summed E-state index contributed by atoms with van der Waals surface area (Å²) < 4.78 is 25.4. The third kappa shape index (κ3) is 3.85. The summed E-state index contributed by atoms with van der Waals surface area (Å²) in [6.45, 7) is 2.85. The molecule has 1 fully saturated rings. The molecular weight excluding hydrogens is 374 g/mol. The molecule has 0 atom stereocenters. The number of hydrogen-bond acceptors (Lipinski definition) is 4. The SMILES string of the molecule is O=C(NCCN1CCCc2ccccc21)c1ccc(N2CCCS2(=O)=O)cc1. The molecule has 0 aromatic heterocycles. The number of rotatable bonds is 5. The van der Waals surface area contributed by atoms with Crippen molar-refractivity contribution in [2.75, 3.05) is 41.1 Å². The van der Waals surface area contributed by atoms with Crippen molar-refractivity contribution in [3.63, 3.8) is 0 Å². The van der Waals surface area contributed by atoms with Gasteiger partial charge in [-0.1, -0.05) is 18.2 Å². The van der Waals surface area contributed by atoms with Gasteiger partial charge in [0.2, 0.25) is 10.0 Å². The van der Waals surface area contributed by atoms with Gasteiger partial charge >= 0.3 is 0 Å². The van der Waals surface area contributed by atoms with Crippen molar-refractivity contribution in [3.05, 3.63) is 59.7 Å². The van der Waals surface area contributed by atoms with Crippen LogP contribution in [0.1, 0.15) is 28.8 Å². The van der Waals surface area contributed by atoms with E-state index in [1.165, 1.54) is 15.6 Å². The first-order valence-corrected chi connectivity index (χ1v) is 11.4. The lowest BCUT2D eigenvalue weighted by molar-refractivity contribution is 0.0954. The number of para-hydroxylation sites is 1. The molecule has 0 unspecified atom stereocenters. The molecule has 0 bridgehead atoms. The minimum atomic E-state index is -3.20. The molecule has 28 heavy (non-hydrogen) atoms. The smallest absolute Gasteiger partial charge is 0.251 e. The Morgan fingerprint density at radius 3 is 2.54 bits per heavy atom. The Morgan fingerprint density at radius 1 is 1.00 bits per heavy atom. The highest BCUT2D eigenvalue weighted by atomic mass is 32.2. The van der Waals surface area contributed by atoms with Gasteiger partial charge in [0.1, 0.15) is 0 Å². The summed E-state index contributed by atoms with van der Waals surface area (Å²) in [7, 11) is -3.20. The van der Waals surface area contributed by atoms with Crippen LogP contribution in [0.15, 0.2) is 48.5 Å². The molecule has 0 radical (unpaired) electrons. The van der Waals surface area contributed by atoms with Gasteiger partial charge in [-0.05, 0) is 55.2 Å². The van der Waals surface area contributed by atoms with Gasteiger partial charge in [0.25, 0.3) is 5.91 Å². The summed E-state index contributed by atoms with van der Waals surface area (Å²) in [6.07, 6.45) is 2.88. The van der Waals surface area contributed by atoms with Crippen LogP contribution in [0.3, 0.4) is 0 Å². The van der Waals surface area contributed by atoms with Crippen molar-refractivity contribution < 1.29 is 13.2 Å². The number of amides is 1. The summed E-state index contributed by atoms with van der Waals surface area (Å²) in [5, 5.41) is 2.97. The molecule has 6 nitrogen and oxygen atoms in total. The van der Waals surface area contributed by atoms with Crippen LogP contribution in [0.4, 0.5) is 11.4 Å². The standard InChI is InChI=1S/C21H25N3O3S/c25-21(18-8-10-19(11-9-18)24-14-4-16-28(24,26)27)22-12-15-23-13-3-6-17-5-1-2-7-20(17)23/h1-2,5,7-11H,3-4,6,12-16H2,(H,22,25). The van der Waals surface area contributed by atoms with E-state index in [2.05, 4.69) is 34.5 Å². The lowest BCUT2D eigenvalue weighted by atomic mass is 10.0. The summed E-state index contributed by atoms with van der Waals surface area (Å²) in [5.41, 5.74) is 3.80. The lowest BCUT2D eigenvalue weighted by Gasteiger charge is -2.31. The Labute approximate surface area is 166 Å². The highest BCUT2D eigenvalue weighted by molar-refractivity contribution is 7.93. The number of fused-ring (bicyclic) bond motifs is 1. The highest BCUT2D eigenvalue weighted by Gasteiger charge is 2.28. The maximum atomic E-state index is 12.4. The van der Waals surface area contributed by atoms with E-state index in [9.17, 15) is 13.2 Å². The van der Waals surface area contributed by atoms with Crippen LogP contribution in [-0.2, 0) is 16.4 Å². The van der Waals surface area contributed by atoms with Gasteiger partial charge in [-0.15, -0.1) is 0 Å². The third-order valence-corrected chi connectivity index (χ3v) is 7.26. The summed E-state index contributed by atoms with van der Waals surface area (Å²) in [6, 6.07) is 15.2. The van der Waals surface area contributed by atoms with E-state index in [1.807, 2.05) is 0 Å². The molecule has 2 aromatic carbocycles. The number of hydrogen-bond donors (Lipinski definition) is 1. The highest BCUT2D eigenvalue weighted by Crippen LogP contribution is 2.26. The van der Waals surface area contributed by atoms with Crippen LogP contribution in [0.25, 0.3) is 0 Å². The fourth-order valence-electron chi connectivity index (χ4n) is 3.96. The normalized spacial score (nSPS) is 18.0. The second kappa shape index (κ2) is 7.83. The Hall–Kier alpha value is -2.54. The fraction of sp³-hybridized carbons (Fsp3) is 0.381. The molecule has 0 aliphatic carbocycles. The van der Waals surface area contributed by atoms with Crippen molar-refractivity contribution in [2.45, 2.75) is 19.3 Å². The van der Waals surface area contributed by atoms with Gasteiger partial charge < -0.3 is 10.2 Å². The summed E-state index contributed by atoms with van der Waals surface area (Å²) >= 11 is 0. The maximum Gasteiger partial charge on any atom is 0.251 e. The number of nitrogens with one attached hydrogen (secondary N) is 1. The summed E-state index contributed by atoms with van der Waals surface area (Å²) in [4.78, 5) is 14.8. The average Bonchev–Trinajstić information content (AvgIpc) is 3.07. The molecule has 2 heterocycles. The largest absolute Gasteiger partial charge is 0.370 e. The van der Waals surface area contributed by atoms with Crippen LogP contribution < -0.4 is 14.5 Å². The molecule has 1 saturated heterocycles. The van der Waals surface area contributed by atoms with Crippen molar-refractivity contribution in [1.82, 2.24) is 5.32 Å². The first-order chi connectivity index (χ1) is 13.5. The number of carbonyl (C=O) groups is 1. The molecule has 1 amide bonds. The third-order valence-electron chi connectivity index (χ3n) is 5.39. The van der Waals surface area contributed by atoms with E-state index in [-0.39, 0.29) is 11.7 Å². The molecule has 148 valence electrons. The van der Waals surface area contributed by atoms with Gasteiger partial charge in [-0.3, -0.25) is 9.10 Å². The first-order valence-electron chi connectivity index (χ1n) is 9.76. The van der Waals surface area contributed by atoms with Crippen LogP contribution in [-0.4, -0.2) is 46.3 Å². The van der Waals surface area contributed by atoms with Crippen molar-refractivity contribution in [2.24, 2.45) is 0 Å². The molecule has 2 aliphatic heterocycles. The monoisotopic (exact) mass is 399 g/mol. The lowest BCUT2D eigenvalue weighted by Crippen LogP contribution is -2.37. The van der Waals surface area contributed by atoms with Gasteiger partial charge in [-0.2, -0.15) is 0 Å². The van der Waals surface area contributed by atoms with Gasteiger partial charge in [0.15, 0.2) is 0 Å². The van der Waals surface area contributed by atoms with Gasteiger partial charge in [0, 0.05) is 37.4 Å². The molecular formula is C21H25N3O3S. The number of nitrogens with zero attached hydrogens (tertiary/aromatic N) is 2. The maximum absolute atomic E-state index is 12.4. The topological polar surface area (TPSA) is 69.7 Å². The summed E-state index contributed by atoms with van der Waals surface area (Å²) in [5.74, 6) is 0.0515. The van der Waals surface area contributed by atoms with Gasteiger partial charge in [-0.25, -0.2) is 8.42 Å². The van der Waals surface area contributed by atoms with Crippen LogP contribution in [0, 0.1) is 0 Å². The Morgan fingerprint density at radius 2 is 1.79 bits per heavy atom. The zero-order chi connectivity index (χ0) is 19.6. The molecule has 0 spiro atoms. The minimum absolute atomic E-state index is 0.138. The van der Waals surface area contributed by atoms with Gasteiger partial charge in [0.05, 0.1) is 11.4 Å². The van der Waals surface area contributed by atoms with Crippen molar-refractivity contribution in [1.29, 1.82) is 0 Å². The van der Waals surface area contributed by atoms with Crippen LogP contribution >= 0.6 is 0 Å². The fourth-order valence-corrected chi connectivity index (χ4v) is 5.52. The number of benzene rings is 2. The Bertz CT molecular complexity index is 957. The number of sulfonamides is 1. The predicted molar refractivity (Wildman–Crippen MR) is 112 cm³/mol. The van der Waals surface area contributed by atoms with E-state index in [0.717, 1.165) is 25.9 Å². The van der Waals surface area contributed by atoms with Crippen molar-refractivity contribution >= 4 is 27.3 Å². The first kappa shape index (κ1) is 18.8. The molecule has 1 N–H and O–H groups in total. The van der Waals surface area contributed by atoms with Crippen molar-refractivity contribution in [3.8, 4) is 0 Å². The average molecular weight is 400 g/mol. The van der Waals surface area contributed by atoms with Crippen LogP contribution in [0.5, 0.6) is 0 Å². The molecule has 7 heteroatoms. The second-order valence-electron chi connectivity index (χ2n) is 7.26. The minimum Gasteiger partial charge on any atom is -0.370 e. The van der Waals surface area contributed by atoms with E-state index in [4.69, 9.17) is 0 Å². The number of aryl methyl sites for hydroxylation is 1. The zero-order valence-electron chi connectivity index (χ0n) is 15.8. The molecule has 4 rings (SSSR count). The molecule has 2 aliphatic rings. The predicted octanol–water partition coefficient (Wildman–Crippen LogP) is 2.41. The molecule has 2 aromatic rings. The quantitative estimate of drug-likeness (QED) is 0.838. The van der Waals surface area contributed by atoms with E-state index in [1.54, 1.807) is 24.3 Å². The zero-order valence-corrected chi connectivity index (χ0v) is 16.6. The molecule has 0 saturated carbocycles. The number of anilines is 2. The van der Waals surface area contributed by atoms with Crippen LogP contribution in [0.2, 0.25) is 0 Å². The second-order valence-corrected chi connectivity index (χ2v) is 9.28. The van der Waals surface area contributed by atoms with E-state index < -0.39 is 10.0 Å². The van der Waals surface area contributed by atoms with E-state index in [0.29, 0.717) is 30.8 Å². The van der Waals surface area contributed by atoms with E-state index >= 15 is 0 Å². The number of carbonyl (C=O) groups excluding carboxylic acids is 1. The Balaban J connectivity index is 1.34.